The first-order chi connectivity index (χ1) is 13.6. The second kappa shape index (κ2) is 10.6. The maximum atomic E-state index is 9.98. The largest absolute Gasteiger partial charge is 0.382 e. The van der Waals surface area contributed by atoms with Crippen LogP contribution >= 0.6 is 0 Å². The number of fused-ring (bicyclic) bond motifs is 5. The molecule has 28 heavy (non-hydrogen) atoms. The number of nitrogens with zero attached hydrogens (tertiary/aromatic N) is 3. The van der Waals surface area contributed by atoms with E-state index in [1.165, 1.54) is 0 Å². The topological polar surface area (TPSA) is 109 Å². The predicted molar refractivity (Wildman–Crippen MR) is 114 cm³/mol. The molecule has 0 atom stereocenters. The van der Waals surface area contributed by atoms with Crippen molar-refractivity contribution in [1.29, 1.82) is 0 Å². The lowest BCUT2D eigenvalue weighted by Gasteiger charge is -2.07. The molecule has 1 aromatic carbocycles. The average Bonchev–Trinajstić information content (AvgIpc) is 2.92. The van der Waals surface area contributed by atoms with Gasteiger partial charge in [-0.2, -0.15) is 0 Å². The summed E-state index contributed by atoms with van der Waals surface area (Å²) in [5.74, 6) is 1.36. The molecule has 1 amide bonds. The Labute approximate surface area is 166 Å². The number of ether oxygens (including phenoxy) is 1. The summed E-state index contributed by atoms with van der Waals surface area (Å²) in [5.41, 5.74) is 13.7. The van der Waals surface area contributed by atoms with Gasteiger partial charge < -0.3 is 20.8 Å². The number of rotatable bonds is 3. The third-order valence-corrected chi connectivity index (χ3v) is 4.40. The summed E-state index contributed by atoms with van der Waals surface area (Å²) >= 11 is 0. The van der Waals surface area contributed by atoms with E-state index in [1.807, 2.05) is 39.0 Å². The highest BCUT2D eigenvalue weighted by Crippen LogP contribution is 2.29. The van der Waals surface area contributed by atoms with Gasteiger partial charge in [-0.1, -0.05) is 45.4 Å². The van der Waals surface area contributed by atoms with E-state index < -0.39 is 0 Å². The summed E-state index contributed by atoms with van der Waals surface area (Å²) in [5, 5.41) is 1.10. The Bertz CT molecular complexity index is 920. The van der Waals surface area contributed by atoms with Crippen molar-refractivity contribution in [1.82, 2.24) is 14.5 Å². The molecular weight excluding hydrogens is 354 g/mol. The van der Waals surface area contributed by atoms with Crippen LogP contribution in [0.1, 0.15) is 45.9 Å². The van der Waals surface area contributed by atoms with Gasteiger partial charge in [0.05, 0.1) is 24.2 Å². The van der Waals surface area contributed by atoms with E-state index in [-0.39, 0.29) is 5.91 Å². The van der Waals surface area contributed by atoms with Crippen LogP contribution in [0.2, 0.25) is 0 Å². The summed E-state index contributed by atoms with van der Waals surface area (Å²) in [6, 6.07) is 8.05. The van der Waals surface area contributed by atoms with E-state index in [4.69, 9.17) is 16.2 Å². The average molecular weight is 386 g/mol. The zero-order chi connectivity index (χ0) is 20.5. The molecule has 4 rings (SSSR count). The van der Waals surface area contributed by atoms with Crippen molar-refractivity contribution in [2.24, 2.45) is 5.73 Å². The van der Waals surface area contributed by atoms with Gasteiger partial charge in [0.1, 0.15) is 11.3 Å². The number of anilines is 1. The number of carbonyl (C=O) groups excluding carboxylic acids is 1. The quantitative estimate of drug-likeness (QED) is 0.718. The van der Waals surface area contributed by atoms with E-state index in [2.05, 4.69) is 20.6 Å². The van der Waals surface area contributed by atoms with Crippen LogP contribution in [-0.4, -0.2) is 33.7 Å². The summed E-state index contributed by atoms with van der Waals surface area (Å²) < 4.78 is 7.74. The number of nitrogens with two attached hydrogens (primary N) is 2. The Morgan fingerprint density at radius 1 is 1.21 bits per heavy atom. The number of amides is 1. The molecule has 0 saturated heterocycles. The van der Waals surface area contributed by atoms with E-state index >= 15 is 0 Å². The van der Waals surface area contributed by atoms with E-state index in [0.717, 1.165) is 60.2 Å². The van der Waals surface area contributed by atoms with Crippen LogP contribution in [0.15, 0.2) is 24.3 Å². The lowest BCUT2D eigenvalue weighted by Crippen LogP contribution is -2.09. The third-order valence-electron chi connectivity index (χ3n) is 4.40. The molecule has 0 spiro atoms. The molecule has 7 nitrogen and oxygen atoms in total. The van der Waals surface area contributed by atoms with Crippen LogP contribution in [-0.2, 0) is 22.5 Å². The van der Waals surface area contributed by atoms with Crippen LogP contribution in [0.5, 0.6) is 0 Å². The van der Waals surface area contributed by atoms with Crippen LogP contribution in [0, 0.1) is 0 Å². The number of nitrogen functional groups attached to an aromatic ring is 1. The minimum atomic E-state index is -0.193. The standard InChI is InChI=1S/C14H14N4O.C5H11NO.C2H6/c15-14-12-13(9-3-1-2-4-10(9)16-14)18-6-8-19-7-5-11(18)17-12;1-2-3-4-5(6)7;1-2/h1-4H,5-8H2,(H2,15,16);2-4H2,1H3,(H2,6,7);1-2H3. The van der Waals surface area contributed by atoms with Crippen molar-refractivity contribution >= 4 is 33.7 Å². The number of hydrogen-bond acceptors (Lipinski definition) is 5. The number of unbranched alkanes of at least 4 members (excludes halogenated alkanes) is 1. The van der Waals surface area contributed by atoms with Crippen LogP contribution in [0.25, 0.3) is 21.9 Å². The number of aromatic nitrogens is 3. The number of benzene rings is 1. The Hall–Kier alpha value is -2.67. The first kappa shape index (κ1) is 21.6. The Balaban J connectivity index is 0.000000268. The number of hydrogen-bond donors (Lipinski definition) is 2. The fraction of sp³-hybridized carbons (Fsp3) is 0.476. The lowest BCUT2D eigenvalue weighted by molar-refractivity contribution is -0.118. The Morgan fingerprint density at radius 2 is 1.96 bits per heavy atom. The third kappa shape index (κ3) is 4.98. The van der Waals surface area contributed by atoms with Crippen molar-refractivity contribution in [2.75, 3.05) is 18.9 Å². The minimum Gasteiger partial charge on any atom is -0.382 e. The SMILES string of the molecule is CC.CCCCC(N)=O.Nc1nc2ccccc2c2c1nc1n2CCOCC1. The highest BCUT2D eigenvalue weighted by Gasteiger charge is 2.18. The maximum Gasteiger partial charge on any atom is 0.217 e. The van der Waals surface area contributed by atoms with Crippen molar-refractivity contribution in [3.8, 4) is 0 Å². The second-order valence-corrected chi connectivity index (χ2v) is 6.32. The van der Waals surface area contributed by atoms with Crippen LogP contribution in [0.3, 0.4) is 0 Å². The zero-order valence-electron chi connectivity index (χ0n) is 17.1. The molecular formula is C21H31N5O2. The van der Waals surface area contributed by atoms with Gasteiger partial charge in [0.25, 0.3) is 0 Å². The van der Waals surface area contributed by atoms with Gasteiger partial charge in [-0.05, 0) is 12.5 Å². The fourth-order valence-corrected chi connectivity index (χ4v) is 3.11. The molecule has 0 aliphatic carbocycles. The van der Waals surface area contributed by atoms with Gasteiger partial charge in [-0.25, -0.2) is 9.97 Å². The van der Waals surface area contributed by atoms with Crippen molar-refractivity contribution in [3.05, 3.63) is 30.1 Å². The molecule has 7 heteroatoms. The van der Waals surface area contributed by atoms with Crippen LogP contribution in [0.4, 0.5) is 5.82 Å². The van der Waals surface area contributed by atoms with Crippen molar-refractivity contribution < 1.29 is 9.53 Å². The lowest BCUT2D eigenvalue weighted by atomic mass is 10.2. The molecule has 0 fully saturated rings. The molecule has 2 aromatic heterocycles. The summed E-state index contributed by atoms with van der Waals surface area (Å²) in [6.07, 6.45) is 3.33. The first-order valence-corrected chi connectivity index (χ1v) is 10.0. The summed E-state index contributed by atoms with van der Waals surface area (Å²) in [4.78, 5) is 19.1. The molecule has 3 heterocycles. The molecule has 0 bridgehead atoms. The van der Waals surface area contributed by atoms with Crippen molar-refractivity contribution in [3.63, 3.8) is 0 Å². The van der Waals surface area contributed by atoms with Gasteiger partial charge in [0.15, 0.2) is 5.82 Å². The molecule has 4 N–H and O–H groups in total. The molecule has 3 aromatic rings. The smallest absolute Gasteiger partial charge is 0.217 e. The molecule has 1 aliphatic rings. The minimum absolute atomic E-state index is 0.193. The number of para-hydroxylation sites is 1. The highest BCUT2D eigenvalue weighted by molar-refractivity contribution is 6.06. The van der Waals surface area contributed by atoms with Gasteiger partial charge >= 0.3 is 0 Å². The van der Waals surface area contributed by atoms with E-state index in [0.29, 0.717) is 18.8 Å². The normalized spacial score (nSPS) is 13.0. The number of primary amides is 1. The summed E-state index contributed by atoms with van der Waals surface area (Å²) in [7, 11) is 0. The Kier molecular flexibility index (Phi) is 8.19. The molecule has 0 unspecified atom stereocenters. The van der Waals surface area contributed by atoms with E-state index in [1.54, 1.807) is 0 Å². The number of pyridine rings is 1. The van der Waals surface area contributed by atoms with Crippen LogP contribution < -0.4 is 11.5 Å². The Morgan fingerprint density at radius 3 is 2.64 bits per heavy atom. The molecule has 0 radical (unpaired) electrons. The van der Waals surface area contributed by atoms with Gasteiger partial charge in [0.2, 0.25) is 5.91 Å². The van der Waals surface area contributed by atoms with Gasteiger partial charge in [-0.3, -0.25) is 4.79 Å². The fourth-order valence-electron chi connectivity index (χ4n) is 3.11. The number of imidazole rings is 1. The molecule has 0 saturated carbocycles. The van der Waals surface area contributed by atoms with E-state index in [9.17, 15) is 4.79 Å². The molecule has 152 valence electrons. The monoisotopic (exact) mass is 385 g/mol. The number of carbonyl (C=O) groups is 1. The zero-order valence-corrected chi connectivity index (χ0v) is 17.1. The highest BCUT2D eigenvalue weighted by atomic mass is 16.5. The van der Waals surface area contributed by atoms with Gasteiger partial charge in [-0.15, -0.1) is 0 Å². The van der Waals surface area contributed by atoms with Crippen molar-refractivity contribution in [2.45, 2.75) is 53.0 Å². The molecule has 1 aliphatic heterocycles. The first-order valence-electron chi connectivity index (χ1n) is 10.0. The maximum absolute atomic E-state index is 9.98. The second-order valence-electron chi connectivity index (χ2n) is 6.32. The predicted octanol–water partition coefficient (Wildman–Crippen LogP) is 3.43. The summed E-state index contributed by atoms with van der Waals surface area (Å²) in [6.45, 7) is 8.28. The van der Waals surface area contributed by atoms with Gasteiger partial charge in [0, 0.05) is 24.8 Å².